The number of benzene rings is 4. The fraction of sp³-hybridized carbons (Fsp3) is 0.189. The van der Waals surface area contributed by atoms with Crippen LogP contribution in [0.2, 0.25) is 0 Å². The molecule has 1 aliphatic carbocycles. The Morgan fingerprint density at radius 2 is 1.44 bits per heavy atom. The second-order valence-electron chi connectivity index (χ2n) is 11.9. The average Bonchev–Trinajstić information content (AvgIpc) is 3.55. The summed E-state index contributed by atoms with van der Waals surface area (Å²) in [6.07, 6.45) is 4.26. The number of aromatic amines is 1. The van der Waals surface area contributed by atoms with Crippen molar-refractivity contribution in [1.82, 2.24) is 24.6 Å². The predicted molar refractivity (Wildman–Crippen MR) is 185 cm³/mol. The topological polar surface area (TPSA) is 125 Å². The third-order valence-corrected chi connectivity index (χ3v) is 12.2. The van der Waals surface area contributed by atoms with E-state index in [0.29, 0.717) is 11.3 Å². The lowest BCUT2D eigenvalue weighted by atomic mass is 9.90. The van der Waals surface area contributed by atoms with Crippen LogP contribution in [0.1, 0.15) is 52.5 Å². The Morgan fingerprint density at radius 3 is 2.17 bits per heavy atom. The Labute approximate surface area is 280 Å². The first-order valence-corrected chi connectivity index (χ1v) is 18.9. The van der Waals surface area contributed by atoms with Gasteiger partial charge in [0.05, 0.1) is 32.6 Å². The molecule has 7 rings (SSSR count). The van der Waals surface area contributed by atoms with Crippen LogP contribution < -0.4 is 4.72 Å². The number of para-hydroxylation sites is 2. The molecule has 6 aromatic rings. The van der Waals surface area contributed by atoms with E-state index in [-0.39, 0.29) is 28.9 Å². The molecule has 0 amide bonds. The van der Waals surface area contributed by atoms with Gasteiger partial charge >= 0.3 is 0 Å². The molecule has 2 atom stereocenters. The zero-order valence-corrected chi connectivity index (χ0v) is 27.7. The third-order valence-electron chi connectivity index (χ3n) is 8.78. The van der Waals surface area contributed by atoms with Crippen molar-refractivity contribution >= 4 is 30.9 Å². The van der Waals surface area contributed by atoms with Crippen LogP contribution >= 0.6 is 0 Å². The number of fused-ring (bicyclic) bond motifs is 2. The number of pyridine rings is 1. The molecule has 0 spiro atoms. The molecule has 244 valence electrons. The third kappa shape index (κ3) is 6.54. The zero-order chi connectivity index (χ0) is 33.1. The Kier molecular flexibility index (Phi) is 8.93. The fourth-order valence-electron chi connectivity index (χ4n) is 6.41. The van der Waals surface area contributed by atoms with Crippen LogP contribution in [0.25, 0.3) is 11.0 Å². The first-order chi connectivity index (χ1) is 23.3. The van der Waals surface area contributed by atoms with Gasteiger partial charge in [-0.25, -0.2) is 26.5 Å². The number of H-pyrrole nitrogens is 1. The maximum absolute atomic E-state index is 14.8. The number of aromatic nitrogens is 3. The van der Waals surface area contributed by atoms with Crippen molar-refractivity contribution in [2.45, 2.75) is 53.6 Å². The highest BCUT2D eigenvalue weighted by molar-refractivity contribution is 7.91. The first-order valence-electron chi connectivity index (χ1n) is 15.9. The molecule has 0 aliphatic heterocycles. The van der Waals surface area contributed by atoms with E-state index in [9.17, 15) is 16.8 Å². The maximum Gasteiger partial charge on any atom is 0.240 e. The highest BCUT2D eigenvalue weighted by atomic mass is 32.2. The molecule has 11 heteroatoms. The molecule has 4 aromatic carbocycles. The number of hydrogen-bond acceptors (Lipinski definition) is 7. The summed E-state index contributed by atoms with van der Waals surface area (Å²) in [5.41, 5.74) is 5.08. The van der Waals surface area contributed by atoms with Gasteiger partial charge in [-0.3, -0.25) is 9.88 Å². The van der Waals surface area contributed by atoms with Gasteiger partial charge in [0.2, 0.25) is 19.9 Å². The Bertz CT molecular complexity index is 2210. The molecular weight excluding hydrogens is 643 g/mol. The van der Waals surface area contributed by atoms with Gasteiger partial charge in [0.15, 0.2) is 5.37 Å². The summed E-state index contributed by atoms with van der Waals surface area (Å²) in [4.78, 5) is 15.4. The standard InChI is InChI=1S/C37H35N5O4S2/c43-47(44,30-13-3-1-4-14-30)37(36-40-32-17-7-8-18-33(32)41-36)42(34-19-9-11-29-12-10-24-38-35(29)34)26-28-22-20-27(21-23-28)25-39-48(45,46)31-15-5-2-6-16-31/h1-8,10,12-18,20-24,34,37,39H,9,11,19,25-26H2,(H,40,41). The summed E-state index contributed by atoms with van der Waals surface area (Å²) in [6, 6.07) is 35.6. The van der Waals surface area contributed by atoms with Crippen molar-refractivity contribution in [2.24, 2.45) is 0 Å². The highest BCUT2D eigenvalue weighted by Crippen LogP contribution is 2.42. The fourth-order valence-corrected chi connectivity index (χ4v) is 9.23. The largest absolute Gasteiger partial charge is 0.340 e. The second-order valence-corrected chi connectivity index (χ2v) is 15.7. The normalized spacial score (nSPS) is 15.7. The smallest absolute Gasteiger partial charge is 0.240 e. The second kappa shape index (κ2) is 13.4. The summed E-state index contributed by atoms with van der Waals surface area (Å²) >= 11 is 0. The van der Waals surface area contributed by atoms with Crippen LogP contribution in [-0.2, 0) is 39.4 Å². The summed E-state index contributed by atoms with van der Waals surface area (Å²) in [7, 11) is -7.67. The van der Waals surface area contributed by atoms with Crippen LogP contribution in [0.4, 0.5) is 0 Å². The van der Waals surface area contributed by atoms with Gasteiger partial charge in [-0.2, -0.15) is 0 Å². The molecule has 0 bridgehead atoms. The predicted octanol–water partition coefficient (Wildman–Crippen LogP) is 6.49. The number of sulfone groups is 1. The molecule has 1 aliphatic rings. The van der Waals surface area contributed by atoms with Crippen molar-refractivity contribution in [3.05, 3.63) is 156 Å². The molecule has 0 fully saturated rings. The minimum absolute atomic E-state index is 0.116. The number of nitrogens with zero attached hydrogens (tertiary/aromatic N) is 3. The Morgan fingerprint density at radius 1 is 0.771 bits per heavy atom. The van der Waals surface area contributed by atoms with E-state index in [4.69, 9.17) is 9.97 Å². The van der Waals surface area contributed by atoms with Crippen LogP contribution in [0, 0.1) is 0 Å². The van der Waals surface area contributed by atoms with E-state index in [1.807, 2.05) is 59.5 Å². The Hall–Kier alpha value is -4.68. The number of sulfonamides is 1. The lowest BCUT2D eigenvalue weighted by molar-refractivity contribution is 0.142. The minimum Gasteiger partial charge on any atom is -0.340 e. The molecule has 48 heavy (non-hydrogen) atoms. The van der Waals surface area contributed by atoms with Crippen LogP contribution in [0.5, 0.6) is 0 Å². The Balaban J connectivity index is 1.28. The van der Waals surface area contributed by atoms with E-state index in [0.717, 1.165) is 47.2 Å². The number of hydrogen-bond donors (Lipinski definition) is 2. The van der Waals surface area contributed by atoms with Crippen LogP contribution in [0.3, 0.4) is 0 Å². The zero-order valence-electron chi connectivity index (χ0n) is 26.1. The van der Waals surface area contributed by atoms with E-state index in [1.54, 1.807) is 66.9 Å². The number of rotatable bonds is 11. The van der Waals surface area contributed by atoms with Crippen molar-refractivity contribution in [1.29, 1.82) is 0 Å². The number of imidazole rings is 1. The molecule has 2 heterocycles. The molecule has 0 radical (unpaired) electrons. The van der Waals surface area contributed by atoms with Crippen molar-refractivity contribution in [2.75, 3.05) is 0 Å². The first kappa shape index (κ1) is 31.9. The molecule has 0 saturated carbocycles. The van der Waals surface area contributed by atoms with Gasteiger partial charge in [-0.05, 0) is 78.4 Å². The summed E-state index contributed by atoms with van der Waals surface area (Å²) in [6.45, 7) is 0.398. The van der Waals surface area contributed by atoms with Gasteiger partial charge < -0.3 is 4.98 Å². The molecule has 2 N–H and O–H groups in total. The molecule has 2 aromatic heterocycles. The average molecular weight is 678 g/mol. The molecular formula is C37H35N5O4S2. The number of nitrogens with one attached hydrogen (secondary N) is 2. The highest BCUT2D eigenvalue weighted by Gasteiger charge is 2.42. The summed E-state index contributed by atoms with van der Waals surface area (Å²) in [5, 5.41) is -1.15. The summed E-state index contributed by atoms with van der Waals surface area (Å²) in [5.74, 6) is 0.343. The maximum atomic E-state index is 14.8. The SMILES string of the molecule is O=S(=O)(NCc1ccc(CN(C2CCCc3cccnc32)C(c2nc3ccccc3[nH]2)S(=O)(=O)c2ccccc2)cc1)c1ccccc1. The van der Waals surface area contributed by atoms with E-state index < -0.39 is 25.2 Å². The van der Waals surface area contributed by atoms with Crippen molar-refractivity contribution in [3.63, 3.8) is 0 Å². The van der Waals surface area contributed by atoms with Crippen molar-refractivity contribution < 1.29 is 16.8 Å². The van der Waals surface area contributed by atoms with Gasteiger partial charge in [0.25, 0.3) is 0 Å². The quantitative estimate of drug-likeness (QED) is 0.161. The van der Waals surface area contributed by atoms with Gasteiger partial charge in [-0.15, -0.1) is 0 Å². The van der Waals surface area contributed by atoms with Gasteiger partial charge in [-0.1, -0.05) is 78.9 Å². The van der Waals surface area contributed by atoms with Crippen LogP contribution in [-0.4, -0.2) is 36.7 Å². The van der Waals surface area contributed by atoms with Gasteiger partial charge in [0, 0.05) is 19.3 Å². The van der Waals surface area contributed by atoms with Gasteiger partial charge in [0.1, 0.15) is 5.82 Å². The lowest BCUT2D eigenvalue weighted by Gasteiger charge is -2.39. The monoisotopic (exact) mass is 677 g/mol. The summed E-state index contributed by atoms with van der Waals surface area (Å²) < 4.78 is 57.8. The molecule has 9 nitrogen and oxygen atoms in total. The van der Waals surface area contributed by atoms with Crippen molar-refractivity contribution in [3.8, 4) is 0 Å². The lowest BCUT2D eigenvalue weighted by Crippen LogP contribution is -2.39. The minimum atomic E-state index is -4.00. The van der Waals surface area contributed by atoms with E-state index in [2.05, 4.69) is 15.8 Å². The molecule has 2 unspecified atom stereocenters. The number of aryl methyl sites for hydroxylation is 1. The molecule has 0 saturated heterocycles. The van der Waals surface area contributed by atoms with Crippen LogP contribution in [0.15, 0.2) is 137 Å². The van der Waals surface area contributed by atoms with E-state index in [1.165, 1.54) is 0 Å². The van der Waals surface area contributed by atoms with E-state index >= 15 is 0 Å².